The van der Waals surface area contributed by atoms with Crippen molar-refractivity contribution in [3.63, 3.8) is 0 Å². The molecule has 23 heavy (non-hydrogen) atoms. The summed E-state index contributed by atoms with van der Waals surface area (Å²) >= 11 is 7.41. The Morgan fingerprint density at radius 2 is 2.09 bits per heavy atom. The number of carbonyl (C=O) groups excluding carboxylic acids is 1. The molecule has 1 amide bonds. The van der Waals surface area contributed by atoms with Gasteiger partial charge >= 0.3 is 0 Å². The minimum Gasteiger partial charge on any atom is -0.495 e. The zero-order valence-electron chi connectivity index (χ0n) is 12.7. The van der Waals surface area contributed by atoms with E-state index in [4.69, 9.17) is 16.3 Å². The van der Waals surface area contributed by atoms with E-state index in [9.17, 15) is 4.79 Å². The lowest BCUT2D eigenvalue weighted by atomic mass is 10.2. The van der Waals surface area contributed by atoms with Crippen molar-refractivity contribution in [1.82, 2.24) is 4.57 Å². The number of benzene rings is 2. The van der Waals surface area contributed by atoms with E-state index in [1.807, 2.05) is 29.7 Å². The van der Waals surface area contributed by atoms with Crippen molar-refractivity contribution in [2.24, 2.45) is 4.99 Å². The summed E-state index contributed by atoms with van der Waals surface area (Å²) in [4.78, 5) is 17.3. The van der Waals surface area contributed by atoms with Gasteiger partial charge in [0, 0.05) is 17.1 Å². The van der Waals surface area contributed by atoms with Crippen LogP contribution in [-0.2, 0) is 6.54 Å². The SMILES string of the molecule is CCn1c(=NC(=O)c2cccc(Cl)c2)sc2cccc(OC)c21. The number of methoxy groups -OCH3 is 1. The molecule has 0 aliphatic heterocycles. The molecule has 0 spiro atoms. The third kappa shape index (κ3) is 3.02. The summed E-state index contributed by atoms with van der Waals surface area (Å²) in [6.45, 7) is 2.71. The first-order valence-electron chi connectivity index (χ1n) is 7.15. The van der Waals surface area contributed by atoms with Gasteiger partial charge in [-0.2, -0.15) is 4.99 Å². The Balaban J connectivity index is 2.18. The summed E-state index contributed by atoms with van der Waals surface area (Å²) in [6, 6.07) is 12.6. The van der Waals surface area contributed by atoms with E-state index in [2.05, 4.69) is 4.99 Å². The fourth-order valence-electron chi connectivity index (χ4n) is 2.41. The molecule has 0 aliphatic rings. The number of para-hydroxylation sites is 1. The summed E-state index contributed by atoms with van der Waals surface area (Å²) in [5.74, 6) is 0.470. The number of fused-ring (bicyclic) bond motifs is 1. The van der Waals surface area contributed by atoms with Crippen LogP contribution in [-0.4, -0.2) is 17.6 Å². The van der Waals surface area contributed by atoms with E-state index in [0.29, 0.717) is 21.9 Å². The quantitative estimate of drug-likeness (QED) is 0.715. The number of ether oxygens (including phenoxy) is 1. The van der Waals surface area contributed by atoms with Gasteiger partial charge in [-0.15, -0.1) is 0 Å². The predicted octanol–water partition coefficient (Wildman–Crippen LogP) is 4.13. The highest BCUT2D eigenvalue weighted by Crippen LogP contribution is 2.27. The second-order valence-electron chi connectivity index (χ2n) is 4.86. The van der Waals surface area contributed by atoms with Crippen LogP contribution >= 0.6 is 22.9 Å². The number of nitrogens with zero attached hydrogens (tertiary/aromatic N) is 2. The number of hydrogen-bond donors (Lipinski definition) is 0. The molecule has 2 aromatic carbocycles. The normalized spacial score (nSPS) is 11.9. The van der Waals surface area contributed by atoms with Gasteiger partial charge in [-0.1, -0.05) is 35.1 Å². The standard InChI is InChI=1S/C17H15ClN2O2S/c1-3-20-15-13(22-2)8-5-9-14(15)23-17(20)19-16(21)11-6-4-7-12(18)10-11/h4-10H,3H2,1-2H3. The molecule has 4 nitrogen and oxygen atoms in total. The Kier molecular flexibility index (Phi) is 4.50. The van der Waals surface area contributed by atoms with Crippen LogP contribution in [0.1, 0.15) is 17.3 Å². The van der Waals surface area contributed by atoms with Crippen LogP contribution in [0.5, 0.6) is 5.75 Å². The summed E-state index contributed by atoms with van der Waals surface area (Å²) in [5, 5.41) is 0.521. The Morgan fingerprint density at radius 1 is 1.30 bits per heavy atom. The molecule has 0 radical (unpaired) electrons. The highest BCUT2D eigenvalue weighted by atomic mass is 35.5. The van der Waals surface area contributed by atoms with Gasteiger partial charge in [0.05, 0.1) is 11.8 Å². The zero-order valence-corrected chi connectivity index (χ0v) is 14.3. The van der Waals surface area contributed by atoms with E-state index < -0.39 is 0 Å². The number of hydrogen-bond acceptors (Lipinski definition) is 3. The topological polar surface area (TPSA) is 43.6 Å². The molecule has 0 saturated carbocycles. The van der Waals surface area contributed by atoms with Gasteiger partial charge in [0.1, 0.15) is 11.3 Å². The first-order valence-corrected chi connectivity index (χ1v) is 8.34. The molecule has 0 bridgehead atoms. The fraction of sp³-hybridized carbons (Fsp3) is 0.176. The maximum absolute atomic E-state index is 12.4. The molecule has 0 N–H and O–H groups in total. The maximum Gasteiger partial charge on any atom is 0.279 e. The fourth-order valence-corrected chi connectivity index (χ4v) is 3.71. The first-order chi connectivity index (χ1) is 11.1. The van der Waals surface area contributed by atoms with Crippen LogP contribution < -0.4 is 9.54 Å². The van der Waals surface area contributed by atoms with E-state index in [1.54, 1.807) is 31.4 Å². The molecule has 0 fully saturated rings. The van der Waals surface area contributed by atoms with Crippen molar-refractivity contribution in [2.45, 2.75) is 13.5 Å². The minimum absolute atomic E-state index is 0.305. The Morgan fingerprint density at radius 3 is 2.78 bits per heavy atom. The maximum atomic E-state index is 12.4. The van der Waals surface area contributed by atoms with Gasteiger partial charge in [-0.3, -0.25) is 4.79 Å². The van der Waals surface area contributed by atoms with Crippen molar-refractivity contribution in [3.05, 3.63) is 57.9 Å². The van der Waals surface area contributed by atoms with E-state index in [-0.39, 0.29) is 5.91 Å². The van der Waals surface area contributed by atoms with Gasteiger partial charge in [0.2, 0.25) is 0 Å². The number of amides is 1. The molecule has 3 aromatic rings. The average Bonchev–Trinajstić information content (AvgIpc) is 2.91. The van der Waals surface area contributed by atoms with Crippen molar-refractivity contribution in [2.75, 3.05) is 7.11 Å². The van der Waals surface area contributed by atoms with Crippen LogP contribution in [0.15, 0.2) is 47.5 Å². The Labute approximate surface area is 142 Å². The van der Waals surface area contributed by atoms with Gasteiger partial charge < -0.3 is 9.30 Å². The van der Waals surface area contributed by atoms with E-state index >= 15 is 0 Å². The average molecular weight is 347 g/mol. The third-order valence-corrected chi connectivity index (χ3v) is 4.75. The molecular formula is C17H15ClN2O2S. The highest BCUT2D eigenvalue weighted by molar-refractivity contribution is 7.16. The lowest BCUT2D eigenvalue weighted by molar-refractivity contribution is 0.0998. The van der Waals surface area contributed by atoms with Gasteiger partial charge in [-0.25, -0.2) is 0 Å². The second kappa shape index (κ2) is 6.56. The van der Waals surface area contributed by atoms with Crippen molar-refractivity contribution in [3.8, 4) is 5.75 Å². The molecule has 0 atom stereocenters. The van der Waals surface area contributed by atoms with E-state index in [1.165, 1.54) is 11.3 Å². The molecule has 3 rings (SSSR count). The van der Waals surface area contributed by atoms with Gasteiger partial charge in [0.15, 0.2) is 4.80 Å². The number of halogens is 1. The molecule has 1 aromatic heterocycles. The number of aromatic nitrogens is 1. The zero-order chi connectivity index (χ0) is 16.4. The lowest BCUT2D eigenvalue weighted by Crippen LogP contribution is -2.16. The molecule has 0 unspecified atom stereocenters. The Bertz CT molecular complexity index is 943. The van der Waals surface area contributed by atoms with Crippen molar-refractivity contribution >= 4 is 39.1 Å². The summed E-state index contributed by atoms with van der Waals surface area (Å²) in [7, 11) is 1.64. The summed E-state index contributed by atoms with van der Waals surface area (Å²) in [5.41, 5.74) is 1.43. The minimum atomic E-state index is -0.305. The molecule has 1 heterocycles. The van der Waals surface area contributed by atoms with Crippen LogP contribution in [0.3, 0.4) is 0 Å². The number of carbonyl (C=O) groups is 1. The predicted molar refractivity (Wildman–Crippen MR) is 93.4 cm³/mol. The van der Waals surface area contributed by atoms with Crippen LogP contribution in [0.2, 0.25) is 5.02 Å². The first kappa shape index (κ1) is 15.8. The second-order valence-corrected chi connectivity index (χ2v) is 6.31. The number of thiazole rings is 1. The third-order valence-electron chi connectivity index (χ3n) is 3.47. The highest BCUT2D eigenvalue weighted by Gasteiger charge is 2.12. The molecule has 0 saturated heterocycles. The van der Waals surface area contributed by atoms with Crippen LogP contribution in [0.25, 0.3) is 10.2 Å². The monoisotopic (exact) mass is 346 g/mol. The van der Waals surface area contributed by atoms with Crippen LogP contribution in [0, 0.1) is 0 Å². The Hall–Kier alpha value is -2.11. The largest absolute Gasteiger partial charge is 0.495 e. The molecule has 6 heteroatoms. The van der Waals surface area contributed by atoms with Gasteiger partial charge in [0.25, 0.3) is 5.91 Å². The smallest absolute Gasteiger partial charge is 0.279 e. The number of rotatable bonds is 3. The van der Waals surface area contributed by atoms with Gasteiger partial charge in [-0.05, 0) is 37.3 Å². The molecule has 118 valence electrons. The lowest BCUT2D eigenvalue weighted by Gasteiger charge is -2.05. The summed E-state index contributed by atoms with van der Waals surface area (Å²) < 4.78 is 8.45. The van der Waals surface area contributed by atoms with Crippen molar-refractivity contribution in [1.29, 1.82) is 0 Å². The summed E-state index contributed by atoms with van der Waals surface area (Å²) in [6.07, 6.45) is 0. The van der Waals surface area contributed by atoms with E-state index in [0.717, 1.165) is 16.0 Å². The van der Waals surface area contributed by atoms with Crippen molar-refractivity contribution < 1.29 is 9.53 Å². The van der Waals surface area contributed by atoms with Crippen LogP contribution in [0.4, 0.5) is 0 Å². The molecule has 0 aliphatic carbocycles. The number of aryl methyl sites for hydroxylation is 1. The molecular weight excluding hydrogens is 332 g/mol.